The molecular formula is C18H25N3O2. The van der Waals surface area contributed by atoms with E-state index in [0.29, 0.717) is 12.8 Å². The van der Waals surface area contributed by atoms with Crippen LogP contribution in [0.3, 0.4) is 0 Å². The Morgan fingerprint density at radius 2 is 2.00 bits per heavy atom. The SMILES string of the molecule is Cc1n[nH]c(C)c1C(C)CC(=O)NC(CCO)c1ccccc1. The number of aromatic nitrogens is 2. The van der Waals surface area contributed by atoms with Crippen LogP contribution >= 0.6 is 0 Å². The molecule has 0 saturated carbocycles. The molecule has 0 saturated heterocycles. The first-order valence-corrected chi connectivity index (χ1v) is 7.99. The molecule has 124 valence electrons. The van der Waals surface area contributed by atoms with Gasteiger partial charge in [-0.3, -0.25) is 9.89 Å². The van der Waals surface area contributed by atoms with Crippen LogP contribution in [-0.2, 0) is 4.79 Å². The Balaban J connectivity index is 2.02. The van der Waals surface area contributed by atoms with Gasteiger partial charge in [-0.2, -0.15) is 5.10 Å². The molecule has 0 aliphatic heterocycles. The maximum atomic E-state index is 12.4. The van der Waals surface area contributed by atoms with Gasteiger partial charge in [0.25, 0.3) is 0 Å². The molecule has 5 heteroatoms. The average Bonchev–Trinajstić information content (AvgIpc) is 2.86. The van der Waals surface area contributed by atoms with Crippen molar-refractivity contribution >= 4 is 5.91 Å². The van der Waals surface area contributed by atoms with Crippen LogP contribution in [0.15, 0.2) is 30.3 Å². The van der Waals surface area contributed by atoms with Crippen molar-refractivity contribution in [3.8, 4) is 0 Å². The highest BCUT2D eigenvalue weighted by molar-refractivity contribution is 5.77. The second-order valence-corrected chi connectivity index (χ2v) is 6.00. The number of nitrogens with zero attached hydrogens (tertiary/aromatic N) is 1. The molecule has 0 fully saturated rings. The number of aliphatic hydroxyl groups excluding tert-OH is 1. The third-order valence-corrected chi connectivity index (χ3v) is 4.12. The number of aliphatic hydroxyl groups is 1. The quantitative estimate of drug-likeness (QED) is 0.735. The minimum Gasteiger partial charge on any atom is -0.396 e. The van der Waals surface area contributed by atoms with Crippen molar-refractivity contribution in [2.24, 2.45) is 0 Å². The Hall–Kier alpha value is -2.14. The van der Waals surface area contributed by atoms with Gasteiger partial charge >= 0.3 is 0 Å². The second-order valence-electron chi connectivity index (χ2n) is 6.00. The van der Waals surface area contributed by atoms with Gasteiger partial charge < -0.3 is 10.4 Å². The van der Waals surface area contributed by atoms with Gasteiger partial charge in [-0.15, -0.1) is 0 Å². The third kappa shape index (κ3) is 4.42. The van der Waals surface area contributed by atoms with Crippen LogP contribution in [0.4, 0.5) is 0 Å². The number of H-pyrrole nitrogens is 1. The van der Waals surface area contributed by atoms with E-state index in [-0.39, 0.29) is 24.5 Å². The molecule has 0 spiro atoms. The summed E-state index contributed by atoms with van der Waals surface area (Å²) in [6.07, 6.45) is 0.907. The predicted molar refractivity (Wildman–Crippen MR) is 90.1 cm³/mol. The molecular weight excluding hydrogens is 290 g/mol. The minimum atomic E-state index is -0.160. The zero-order valence-corrected chi connectivity index (χ0v) is 14.0. The largest absolute Gasteiger partial charge is 0.396 e. The molecule has 0 radical (unpaired) electrons. The number of rotatable bonds is 7. The van der Waals surface area contributed by atoms with Gasteiger partial charge in [-0.1, -0.05) is 37.3 Å². The zero-order chi connectivity index (χ0) is 16.8. The van der Waals surface area contributed by atoms with Crippen LogP contribution in [-0.4, -0.2) is 27.8 Å². The summed E-state index contributed by atoms with van der Waals surface area (Å²) in [6.45, 7) is 6.00. The summed E-state index contributed by atoms with van der Waals surface area (Å²) in [5.41, 5.74) is 4.08. The fourth-order valence-corrected chi connectivity index (χ4v) is 3.06. The molecule has 0 aliphatic rings. The lowest BCUT2D eigenvalue weighted by Crippen LogP contribution is -2.30. The predicted octanol–water partition coefficient (Wildman–Crippen LogP) is 2.76. The average molecular weight is 315 g/mol. The summed E-state index contributed by atoms with van der Waals surface area (Å²) in [4.78, 5) is 12.4. The van der Waals surface area contributed by atoms with E-state index >= 15 is 0 Å². The van der Waals surface area contributed by atoms with E-state index in [1.54, 1.807) is 0 Å². The number of amides is 1. The normalized spacial score (nSPS) is 13.6. The maximum Gasteiger partial charge on any atom is 0.221 e. The molecule has 2 rings (SSSR count). The summed E-state index contributed by atoms with van der Waals surface area (Å²) in [6, 6.07) is 9.59. The maximum absolute atomic E-state index is 12.4. The van der Waals surface area contributed by atoms with Gasteiger partial charge in [-0.05, 0) is 37.3 Å². The second kappa shape index (κ2) is 7.92. The summed E-state index contributed by atoms with van der Waals surface area (Å²) >= 11 is 0. The Kier molecular flexibility index (Phi) is 5.93. The lowest BCUT2D eigenvalue weighted by molar-refractivity contribution is -0.122. The van der Waals surface area contributed by atoms with E-state index in [1.807, 2.05) is 51.1 Å². The first kappa shape index (κ1) is 17.2. The molecule has 23 heavy (non-hydrogen) atoms. The van der Waals surface area contributed by atoms with Crippen LogP contribution in [0.1, 0.15) is 54.2 Å². The summed E-state index contributed by atoms with van der Waals surface area (Å²) in [7, 11) is 0. The smallest absolute Gasteiger partial charge is 0.221 e. The highest BCUT2D eigenvalue weighted by Crippen LogP contribution is 2.25. The molecule has 3 N–H and O–H groups in total. The fourth-order valence-electron chi connectivity index (χ4n) is 3.06. The van der Waals surface area contributed by atoms with E-state index in [4.69, 9.17) is 0 Å². The molecule has 2 aromatic rings. The first-order valence-electron chi connectivity index (χ1n) is 7.99. The van der Waals surface area contributed by atoms with Crippen molar-refractivity contribution in [2.45, 2.75) is 45.6 Å². The number of aryl methyl sites for hydroxylation is 2. The highest BCUT2D eigenvalue weighted by atomic mass is 16.3. The molecule has 1 heterocycles. The topological polar surface area (TPSA) is 78.0 Å². The van der Waals surface area contributed by atoms with Gasteiger partial charge in [0, 0.05) is 18.7 Å². The summed E-state index contributed by atoms with van der Waals surface area (Å²) in [5.74, 6) is 0.0825. The molecule has 0 bridgehead atoms. The third-order valence-electron chi connectivity index (χ3n) is 4.12. The molecule has 1 aromatic heterocycles. The number of nitrogens with one attached hydrogen (secondary N) is 2. The highest BCUT2D eigenvalue weighted by Gasteiger charge is 2.20. The number of carbonyl (C=O) groups excluding carboxylic acids is 1. The number of hydrogen-bond acceptors (Lipinski definition) is 3. The van der Waals surface area contributed by atoms with Crippen molar-refractivity contribution in [1.29, 1.82) is 0 Å². The number of hydrogen-bond donors (Lipinski definition) is 3. The van der Waals surface area contributed by atoms with Gasteiger partial charge in [0.1, 0.15) is 0 Å². The number of carbonyl (C=O) groups is 1. The molecule has 0 aliphatic carbocycles. The van der Waals surface area contributed by atoms with E-state index < -0.39 is 0 Å². The standard InChI is InChI=1S/C18H25N3O2/c1-12(18-13(2)20-21-14(18)3)11-17(23)19-16(9-10-22)15-7-5-4-6-8-15/h4-8,12,16,22H,9-11H2,1-3H3,(H,19,23)(H,20,21). The van der Waals surface area contributed by atoms with E-state index in [9.17, 15) is 9.90 Å². The van der Waals surface area contributed by atoms with E-state index in [2.05, 4.69) is 15.5 Å². The zero-order valence-electron chi connectivity index (χ0n) is 14.0. The Bertz CT molecular complexity index is 617. The molecule has 1 aromatic carbocycles. The van der Waals surface area contributed by atoms with Gasteiger partial charge in [-0.25, -0.2) is 0 Å². The van der Waals surface area contributed by atoms with Crippen molar-refractivity contribution in [1.82, 2.24) is 15.5 Å². The van der Waals surface area contributed by atoms with Crippen LogP contribution in [0.25, 0.3) is 0 Å². The van der Waals surface area contributed by atoms with Crippen molar-refractivity contribution in [3.05, 3.63) is 52.8 Å². The summed E-state index contributed by atoms with van der Waals surface area (Å²) in [5, 5.41) is 19.4. The Labute approximate surface area is 137 Å². The summed E-state index contributed by atoms with van der Waals surface area (Å²) < 4.78 is 0. The monoisotopic (exact) mass is 315 g/mol. The number of benzene rings is 1. The fraction of sp³-hybridized carbons (Fsp3) is 0.444. The van der Waals surface area contributed by atoms with Crippen molar-refractivity contribution in [2.75, 3.05) is 6.61 Å². The molecule has 1 amide bonds. The van der Waals surface area contributed by atoms with Crippen molar-refractivity contribution in [3.63, 3.8) is 0 Å². The van der Waals surface area contributed by atoms with Gasteiger partial charge in [0.15, 0.2) is 0 Å². The van der Waals surface area contributed by atoms with E-state index in [1.165, 1.54) is 0 Å². The van der Waals surface area contributed by atoms with Crippen LogP contribution in [0, 0.1) is 13.8 Å². The van der Waals surface area contributed by atoms with Crippen LogP contribution < -0.4 is 5.32 Å². The van der Waals surface area contributed by atoms with Gasteiger partial charge in [0.05, 0.1) is 11.7 Å². The van der Waals surface area contributed by atoms with Crippen molar-refractivity contribution < 1.29 is 9.90 Å². The Morgan fingerprint density at radius 3 is 2.57 bits per heavy atom. The lowest BCUT2D eigenvalue weighted by Gasteiger charge is -2.20. The minimum absolute atomic E-state index is 0.0141. The van der Waals surface area contributed by atoms with Gasteiger partial charge in [0.2, 0.25) is 5.91 Å². The van der Waals surface area contributed by atoms with Crippen LogP contribution in [0.5, 0.6) is 0 Å². The molecule has 2 unspecified atom stereocenters. The molecule has 2 atom stereocenters. The van der Waals surface area contributed by atoms with Crippen LogP contribution in [0.2, 0.25) is 0 Å². The number of aromatic amines is 1. The lowest BCUT2D eigenvalue weighted by atomic mass is 9.95. The van der Waals surface area contributed by atoms with E-state index in [0.717, 1.165) is 22.5 Å². The molecule has 5 nitrogen and oxygen atoms in total. The Morgan fingerprint density at radius 1 is 1.30 bits per heavy atom. The first-order chi connectivity index (χ1) is 11.0.